The molecule has 0 aliphatic rings. The minimum atomic E-state index is 0.579. The third-order valence-electron chi connectivity index (χ3n) is 2.63. The van der Waals surface area contributed by atoms with Crippen molar-refractivity contribution in [2.24, 2.45) is 0 Å². The van der Waals surface area contributed by atoms with E-state index in [4.69, 9.17) is 11.6 Å². The lowest BCUT2D eigenvalue weighted by molar-refractivity contribution is 0.567. The van der Waals surface area contributed by atoms with Crippen molar-refractivity contribution in [3.63, 3.8) is 0 Å². The predicted molar refractivity (Wildman–Crippen MR) is 67.6 cm³/mol. The topological polar surface area (TPSA) is 12.0 Å². The molecule has 0 saturated carbocycles. The molecule has 0 radical (unpaired) electrons. The van der Waals surface area contributed by atoms with Gasteiger partial charge in [0.15, 0.2) is 0 Å². The predicted octanol–water partition coefficient (Wildman–Crippen LogP) is 3.83. The Hall–Kier alpha value is -0.530. The molecule has 1 atom stereocenters. The SMILES string of the molecule is CCCNCC(CC)c1cccc(Cl)c1. The Kier molecular flexibility index (Phi) is 5.74. The second kappa shape index (κ2) is 6.86. The van der Waals surface area contributed by atoms with Crippen LogP contribution in [0.4, 0.5) is 0 Å². The van der Waals surface area contributed by atoms with E-state index >= 15 is 0 Å². The van der Waals surface area contributed by atoms with Gasteiger partial charge in [-0.1, -0.05) is 37.6 Å². The van der Waals surface area contributed by atoms with Crippen LogP contribution in [0.5, 0.6) is 0 Å². The van der Waals surface area contributed by atoms with Crippen LogP contribution in [0.3, 0.4) is 0 Å². The molecule has 0 fully saturated rings. The summed E-state index contributed by atoms with van der Waals surface area (Å²) in [6.45, 7) is 6.55. The van der Waals surface area contributed by atoms with Crippen LogP contribution >= 0.6 is 11.6 Å². The summed E-state index contributed by atoms with van der Waals surface area (Å²) in [5.41, 5.74) is 1.34. The summed E-state index contributed by atoms with van der Waals surface area (Å²) < 4.78 is 0. The molecule has 1 N–H and O–H groups in total. The Bertz CT molecular complexity index is 286. The van der Waals surface area contributed by atoms with Gasteiger partial charge in [-0.25, -0.2) is 0 Å². The quantitative estimate of drug-likeness (QED) is 0.726. The summed E-state index contributed by atoms with van der Waals surface area (Å²) in [5.74, 6) is 0.579. The van der Waals surface area contributed by atoms with Crippen LogP contribution in [-0.2, 0) is 0 Å². The van der Waals surface area contributed by atoms with Gasteiger partial charge in [-0.15, -0.1) is 0 Å². The van der Waals surface area contributed by atoms with Gasteiger partial charge in [0.05, 0.1) is 0 Å². The van der Waals surface area contributed by atoms with Crippen molar-refractivity contribution in [3.8, 4) is 0 Å². The van der Waals surface area contributed by atoms with Crippen LogP contribution < -0.4 is 5.32 Å². The highest BCUT2D eigenvalue weighted by Gasteiger charge is 2.08. The highest BCUT2D eigenvalue weighted by atomic mass is 35.5. The zero-order chi connectivity index (χ0) is 11.1. The van der Waals surface area contributed by atoms with Crippen molar-refractivity contribution in [3.05, 3.63) is 34.9 Å². The van der Waals surface area contributed by atoms with Crippen LogP contribution in [0.2, 0.25) is 5.02 Å². The van der Waals surface area contributed by atoms with E-state index in [1.54, 1.807) is 0 Å². The van der Waals surface area contributed by atoms with Crippen LogP contribution in [0.25, 0.3) is 0 Å². The molecule has 1 aromatic carbocycles. The fourth-order valence-electron chi connectivity index (χ4n) is 1.71. The average Bonchev–Trinajstić information content (AvgIpc) is 2.24. The van der Waals surface area contributed by atoms with Gasteiger partial charge in [-0.05, 0) is 43.0 Å². The molecule has 0 aliphatic carbocycles. The van der Waals surface area contributed by atoms with E-state index in [0.29, 0.717) is 5.92 Å². The monoisotopic (exact) mass is 225 g/mol. The van der Waals surface area contributed by atoms with Crippen molar-refractivity contribution in [1.82, 2.24) is 5.32 Å². The molecule has 0 aromatic heterocycles. The molecule has 15 heavy (non-hydrogen) atoms. The highest BCUT2D eigenvalue weighted by molar-refractivity contribution is 6.30. The Morgan fingerprint density at radius 1 is 1.33 bits per heavy atom. The fraction of sp³-hybridized carbons (Fsp3) is 0.538. The lowest BCUT2D eigenvalue weighted by atomic mass is 9.96. The number of halogens is 1. The lowest BCUT2D eigenvalue weighted by Gasteiger charge is -2.16. The molecule has 1 rings (SSSR count). The van der Waals surface area contributed by atoms with Crippen molar-refractivity contribution in [2.75, 3.05) is 13.1 Å². The molecule has 1 aromatic rings. The van der Waals surface area contributed by atoms with Crippen molar-refractivity contribution < 1.29 is 0 Å². The Balaban J connectivity index is 2.57. The van der Waals surface area contributed by atoms with Gasteiger partial charge in [0.2, 0.25) is 0 Å². The van der Waals surface area contributed by atoms with Crippen LogP contribution in [0.15, 0.2) is 24.3 Å². The molecule has 0 saturated heterocycles. The molecule has 1 nitrogen and oxygen atoms in total. The normalized spacial score (nSPS) is 12.7. The Morgan fingerprint density at radius 3 is 2.73 bits per heavy atom. The standard InChI is InChI=1S/C13H20ClN/c1-3-8-15-10-11(4-2)12-6-5-7-13(14)9-12/h5-7,9,11,15H,3-4,8,10H2,1-2H3. The van der Waals surface area contributed by atoms with E-state index in [9.17, 15) is 0 Å². The molecule has 2 heteroatoms. The second-order valence-corrected chi connectivity index (χ2v) is 4.30. The number of rotatable bonds is 6. The molecule has 0 amide bonds. The van der Waals surface area contributed by atoms with E-state index in [0.717, 1.165) is 24.5 Å². The minimum absolute atomic E-state index is 0.579. The fourth-order valence-corrected chi connectivity index (χ4v) is 1.91. The van der Waals surface area contributed by atoms with E-state index in [-0.39, 0.29) is 0 Å². The maximum atomic E-state index is 5.99. The maximum absolute atomic E-state index is 5.99. The van der Waals surface area contributed by atoms with E-state index in [1.807, 2.05) is 12.1 Å². The zero-order valence-electron chi connectivity index (χ0n) is 9.59. The van der Waals surface area contributed by atoms with E-state index < -0.39 is 0 Å². The van der Waals surface area contributed by atoms with Gasteiger partial charge in [0, 0.05) is 11.6 Å². The summed E-state index contributed by atoms with van der Waals surface area (Å²) in [6, 6.07) is 8.19. The lowest BCUT2D eigenvalue weighted by Crippen LogP contribution is -2.21. The number of benzene rings is 1. The zero-order valence-corrected chi connectivity index (χ0v) is 10.3. The van der Waals surface area contributed by atoms with Crippen LogP contribution in [0.1, 0.15) is 38.2 Å². The van der Waals surface area contributed by atoms with Gasteiger partial charge in [-0.2, -0.15) is 0 Å². The van der Waals surface area contributed by atoms with Gasteiger partial charge < -0.3 is 5.32 Å². The maximum Gasteiger partial charge on any atom is 0.0408 e. The molecule has 1 unspecified atom stereocenters. The second-order valence-electron chi connectivity index (χ2n) is 3.86. The highest BCUT2D eigenvalue weighted by Crippen LogP contribution is 2.21. The number of hydrogen-bond acceptors (Lipinski definition) is 1. The minimum Gasteiger partial charge on any atom is -0.316 e. The largest absolute Gasteiger partial charge is 0.316 e. The van der Waals surface area contributed by atoms with Gasteiger partial charge in [-0.3, -0.25) is 0 Å². The summed E-state index contributed by atoms with van der Waals surface area (Å²) in [7, 11) is 0. The van der Waals surface area contributed by atoms with Gasteiger partial charge >= 0.3 is 0 Å². The molecular weight excluding hydrogens is 206 g/mol. The van der Waals surface area contributed by atoms with Crippen LogP contribution in [-0.4, -0.2) is 13.1 Å². The molecule has 0 heterocycles. The molecule has 0 aliphatic heterocycles. The van der Waals surface area contributed by atoms with Gasteiger partial charge in [0.25, 0.3) is 0 Å². The first-order chi connectivity index (χ1) is 7.27. The van der Waals surface area contributed by atoms with Crippen molar-refractivity contribution >= 4 is 11.6 Å². The Morgan fingerprint density at radius 2 is 2.13 bits per heavy atom. The van der Waals surface area contributed by atoms with E-state index in [2.05, 4.69) is 31.3 Å². The van der Waals surface area contributed by atoms with Gasteiger partial charge in [0.1, 0.15) is 0 Å². The first-order valence-electron chi connectivity index (χ1n) is 5.74. The molecule has 84 valence electrons. The average molecular weight is 226 g/mol. The third kappa shape index (κ3) is 4.23. The summed E-state index contributed by atoms with van der Waals surface area (Å²) in [4.78, 5) is 0. The van der Waals surface area contributed by atoms with Crippen molar-refractivity contribution in [2.45, 2.75) is 32.6 Å². The summed E-state index contributed by atoms with van der Waals surface area (Å²) in [6.07, 6.45) is 2.34. The van der Waals surface area contributed by atoms with Crippen molar-refractivity contribution in [1.29, 1.82) is 0 Å². The van der Waals surface area contributed by atoms with Crippen LogP contribution in [0, 0.1) is 0 Å². The first kappa shape index (κ1) is 12.5. The number of nitrogens with one attached hydrogen (secondary N) is 1. The molecular formula is C13H20ClN. The smallest absolute Gasteiger partial charge is 0.0408 e. The van der Waals surface area contributed by atoms with E-state index in [1.165, 1.54) is 12.0 Å². The number of hydrogen-bond donors (Lipinski definition) is 1. The first-order valence-corrected chi connectivity index (χ1v) is 6.11. The molecule has 0 spiro atoms. The summed E-state index contributed by atoms with van der Waals surface area (Å²) in [5, 5.41) is 4.30. The summed E-state index contributed by atoms with van der Waals surface area (Å²) >= 11 is 5.99. The Labute approximate surface area is 97.8 Å². The molecule has 0 bridgehead atoms. The third-order valence-corrected chi connectivity index (χ3v) is 2.87.